The van der Waals surface area contributed by atoms with Crippen LogP contribution in [0.2, 0.25) is 0 Å². The van der Waals surface area contributed by atoms with E-state index in [0.717, 1.165) is 44.9 Å². The first-order valence-electron chi connectivity index (χ1n) is 11.4. The van der Waals surface area contributed by atoms with Crippen molar-refractivity contribution in [2.75, 3.05) is 40.4 Å². The molecule has 2 aromatic carbocycles. The molecule has 0 saturated carbocycles. The first-order chi connectivity index (χ1) is 15.2. The molecule has 1 aliphatic heterocycles. The van der Waals surface area contributed by atoms with Gasteiger partial charge in [0, 0.05) is 49.4 Å². The van der Waals surface area contributed by atoms with Crippen LogP contribution in [0.25, 0.3) is 22.5 Å². The number of fused-ring (bicyclic) bond motifs is 3. The van der Waals surface area contributed by atoms with Gasteiger partial charge in [0.1, 0.15) is 0 Å². The van der Waals surface area contributed by atoms with Crippen molar-refractivity contribution in [3.8, 4) is 22.5 Å². The molecule has 1 saturated heterocycles. The van der Waals surface area contributed by atoms with Crippen molar-refractivity contribution in [2.24, 2.45) is 0 Å². The molecule has 0 radical (unpaired) electrons. The molecule has 0 bridgehead atoms. The van der Waals surface area contributed by atoms with Gasteiger partial charge in [-0.2, -0.15) is 5.10 Å². The van der Waals surface area contributed by atoms with E-state index in [4.69, 9.17) is 4.74 Å². The van der Waals surface area contributed by atoms with Gasteiger partial charge in [0.25, 0.3) is 0 Å². The summed E-state index contributed by atoms with van der Waals surface area (Å²) >= 11 is 0. The molecule has 2 aliphatic rings. The number of piperidine rings is 1. The molecule has 5 nitrogen and oxygen atoms in total. The third-order valence-corrected chi connectivity index (χ3v) is 6.98. The highest BCUT2D eigenvalue weighted by atomic mass is 16.5. The lowest BCUT2D eigenvalue weighted by molar-refractivity contribution is 0.0945. The second-order valence-corrected chi connectivity index (χ2v) is 8.94. The van der Waals surface area contributed by atoms with E-state index in [-0.39, 0.29) is 0 Å². The Balaban J connectivity index is 1.20. The molecule has 0 atom stereocenters. The number of nitrogens with zero attached hydrogens (tertiary/aromatic N) is 3. The third-order valence-electron chi connectivity index (χ3n) is 6.98. The predicted octanol–water partition coefficient (Wildman–Crippen LogP) is 4.19. The summed E-state index contributed by atoms with van der Waals surface area (Å²) in [7, 11) is 4.00. The summed E-state index contributed by atoms with van der Waals surface area (Å²) in [5.74, 6) is 0. The van der Waals surface area contributed by atoms with Crippen LogP contribution in [-0.4, -0.2) is 66.4 Å². The van der Waals surface area contributed by atoms with Crippen LogP contribution in [-0.2, 0) is 17.7 Å². The molecule has 1 N–H and O–H groups in total. The number of H-pyrrole nitrogens is 1. The van der Waals surface area contributed by atoms with Gasteiger partial charge in [-0.15, -0.1) is 0 Å². The first kappa shape index (κ1) is 20.4. The number of hydrogen-bond donors (Lipinski definition) is 1. The van der Waals surface area contributed by atoms with Crippen LogP contribution in [0, 0.1) is 0 Å². The van der Waals surface area contributed by atoms with E-state index in [1.165, 1.54) is 46.4 Å². The fourth-order valence-corrected chi connectivity index (χ4v) is 5.07. The summed E-state index contributed by atoms with van der Waals surface area (Å²) in [4.78, 5) is 5.04. The highest BCUT2D eigenvalue weighted by Gasteiger charge is 2.25. The van der Waals surface area contributed by atoms with Crippen LogP contribution in [0.15, 0.2) is 48.5 Å². The maximum atomic E-state index is 5.22. The van der Waals surface area contributed by atoms with Crippen LogP contribution < -0.4 is 0 Å². The van der Waals surface area contributed by atoms with E-state index >= 15 is 0 Å². The third kappa shape index (κ3) is 4.18. The number of aromatic amines is 1. The number of likely N-dealkylation sites (N-methyl/N-ethyl adjacent to an activating group) is 1. The van der Waals surface area contributed by atoms with Crippen LogP contribution >= 0.6 is 0 Å². The van der Waals surface area contributed by atoms with Gasteiger partial charge < -0.3 is 9.64 Å². The molecule has 1 fully saturated rings. The smallest absolute Gasteiger partial charge is 0.0962 e. The summed E-state index contributed by atoms with van der Waals surface area (Å²) in [5, 5.41) is 7.93. The number of likely N-dealkylation sites (tertiary alicyclic amines) is 1. The quantitative estimate of drug-likeness (QED) is 0.491. The van der Waals surface area contributed by atoms with E-state index in [1.807, 2.05) is 0 Å². The van der Waals surface area contributed by atoms with Crippen LogP contribution in [0.3, 0.4) is 0 Å². The van der Waals surface area contributed by atoms with Crippen LogP contribution in [0.4, 0.5) is 0 Å². The van der Waals surface area contributed by atoms with Gasteiger partial charge in [0.05, 0.1) is 18.0 Å². The number of ether oxygens (including phenoxy) is 1. The normalized spacial score (nSPS) is 16.6. The fraction of sp³-hybridized carbons (Fsp3) is 0.423. The number of methoxy groups -OCH3 is 1. The standard InChI is InChI=1S/C26H32N4O/c1-29(15-16-31-2)22-11-13-30(14-12-22)18-19-7-9-20(10-8-19)25-24-17-21-5-3-4-6-23(21)26(24)28-27-25/h3-10,22H,11-18H2,1-2H3,(H,27,28). The fourth-order valence-electron chi connectivity index (χ4n) is 5.07. The molecule has 5 rings (SSSR count). The van der Waals surface area contributed by atoms with Crippen molar-refractivity contribution in [3.05, 3.63) is 65.2 Å². The Kier molecular flexibility index (Phi) is 5.90. The lowest BCUT2D eigenvalue weighted by Gasteiger charge is -2.36. The topological polar surface area (TPSA) is 44.4 Å². The highest BCUT2D eigenvalue weighted by molar-refractivity contribution is 5.80. The second kappa shape index (κ2) is 8.95. The minimum atomic E-state index is 0.680. The Morgan fingerprint density at radius 1 is 1.10 bits per heavy atom. The van der Waals surface area contributed by atoms with Gasteiger partial charge in [0.2, 0.25) is 0 Å². The predicted molar refractivity (Wildman–Crippen MR) is 125 cm³/mol. The van der Waals surface area contributed by atoms with Gasteiger partial charge in [0.15, 0.2) is 0 Å². The SMILES string of the molecule is COCCN(C)C1CCN(Cc2ccc(-c3n[nH]c4c3Cc3ccccc3-4)cc2)CC1. The summed E-state index contributed by atoms with van der Waals surface area (Å²) in [6, 6.07) is 18.3. The lowest BCUT2D eigenvalue weighted by atomic mass is 10.0. The molecule has 1 aliphatic carbocycles. The van der Waals surface area contributed by atoms with Crippen molar-refractivity contribution in [2.45, 2.75) is 31.8 Å². The lowest BCUT2D eigenvalue weighted by Crippen LogP contribution is -2.43. The van der Waals surface area contributed by atoms with E-state index in [1.54, 1.807) is 7.11 Å². The molecular weight excluding hydrogens is 384 g/mol. The number of nitrogens with one attached hydrogen (secondary N) is 1. The molecule has 0 unspecified atom stereocenters. The summed E-state index contributed by atoms with van der Waals surface area (Å²) in [5.41, 5.74) is 8.88. The van der Waals surface area contributed by atoms with E-state index in [2.05, 4.69) is 75.6 Å². The molecule has 162 valence electrons. The Bertz CT molecular complexity index is 1020. The molecule has 2 heterocycles. The van der Waals surface area contributed by atoms with Crippen molar-refractivity contribution in [1.82, 2.24) is 20.0 Å². The van der Waals surface area contributed by atoms with Crippen molar-refractivity contribution in [1.29, 1.82) is 0 Å². The first-order valence-corrected chi connectivity index (χ1v) is 11.4. The number of benzene rings is 2. The van der Waals surface area contributed by atoms with Gasteiger partial charge in [-0.1, -0.05) is 48.5 Å². The van der Waals surface area contributed by atoms with E-state index in [9.17, 15) is 0 Å². The average molecular weight is 417 g/mol. The van der Waals surface area contributed by atoms with Gasteiger partial charge >= 0.3 is 0 Å². The highest BCUT2D eigenvalue weighted by Crippen LogP contribution is 2.39. The monoisotopic (exact) mass is 416 g/mol. The summed E-state index contributed by atoms with van der Waals surface area (Å²) in [6.07, 6.45) is 3.43. The molecule has 5 heteroatoms. The maximum absolute atomic E-state index is 5.22. The van der Waals surface area contributed by atoms with Crippen molar-refractivity contribution < 1.29 is 4.74 Å². The second-order valence-electron chi connectivity index (χ2n) is 8.94. The maximum Gasteiger partial charge on any atom is 0.0962 e. The van der Waals surface area contributed by atoms with Crippen molar-refractivity contribution >= 4 is 0 Å². The Labute approximate surface area is 185 Å². The molecule has 0 spiro atoms. The largest absolute Gasteiger partial charge is 0.383 e. The summed E-state index contributed by atoms with van der Waals surface area (Å²) in [6.45, 7) is 5.18. The molecule has 3 aromatic rings. The van der Waals surface area contributed by atoms with E-state index in [0.29, 0.717) is 6.04 Å². The molecular formula is C26H32N4O. The Morgan fingerprint density at radius 2 is 1.87 bits per heavy atom. The van der Waals surface area contributed by atoms with Crippen molar-refractivity contribution in [3.63, 3.8) is 0 Å². The van der Waals surface area contributed by atoms with Gasteiger partial charge in [-0.25, -0.2) is 0 Å². The minimum Gasteiger partial charge on any atom is -0.383 e. The number of rotatable bonds is 7. The van der Waals surface area contributed by atoms with Gasteiger partial charge in [-0.05, 0) is 44.1 Å². The Morgan fingerprint density at radius 3 is 2.65 bits per heavy atom. The zero-order valence-corrected chi connectivity index (χ0v) is 18.6. The minimum absolute atomic E-state index is 0.680. The zero-order valence-electron chi connectivity index (χ0n) is 18.6. The van der Waals surface area contributed by atoms with E-state index < -0.39 is 0 Å². The number of aromatic nitrogens is 2. The average Bonchev–Trinajstić information content (AvgIpc) is 3.38. The van der Waals surface area contributed by atoms with Crippen LogP contribution in [0.1, 0.15) is 29.5 Å². The molecule has 0 amide bonds. The summed E-state index contributed by atoms with van der Waals surface area (Å²) < 4.78 is 5.22. The molecule has 31 heavy (non-hydrogen) atoms. The number of hydrogen-bond acceptors (Lipinski definition) is 4. The molecule has 1 aromatic heterocycles. The zero-order chi connectivity index (χ0) is 21.2. The van der Waals surface area contributed by atoms with Crippen LogP contribution in [0.5, 0.6) is 0 Å². The Hall–Kier alpha value is -2.47. The van der Waals surface area contributed by atoms with Gasteiger partial charge in [-0.3, -0.25) is 10.00 Å².